The number of thioether (sulfide) groups is 1. The average molecular weight is 543 g/mol. The SMILES string of the molecule is COc1cc(/C=C2/C(=N)N3N=C(C)SC3=NC2=O)cc(Br)c1OCCOc1cc(C)cc(C)c1. The number of nitrogens with one attached hydrogen (secondary N) is 1. The van der Waals surface area contributed by atoms with E-state index in [0.717, 1.165) is 21.9 Å². The number of benzene rings is 2. The van der Waals surface area contributed by atoms with Crippen LogP contribution >= 0.6 is 27.7 Å². The van der Waals surface area contributed by atoms with Crippen molar-refractivity contribution in [1.82, 2.24) is 5.01 Å². The third-order valence-corrected chi connectivity index (χ3v) is 6.32. The van der Waals surface area contributed by atoms with Gasteiger partial charge in [0.2, 0.25) is 5.17 Å². The van der Waals surface area contributed by atoms with Crippen molar-refractivity contribution in [2.24, 2.45) is 10.1 Å². The van der Waals surface area contributed by atoms with Gasteiger partial charge in [-0.3, -0.25) is 10.2 Å². The molecule has 0 bridgehead atoms. The molecule has 176 valence electrons. The van der Waals surface area contributed by atoms with Crippen molar-refractivity contribution in [3.05, 3.63) is 57.1 Å². The highest BCUT2D eigenvalue weighted by atomic mass is 79.9. The highest BCUT2D eigenvalue weighted by Crippen LogP contribution is 2.38. The first-order chi connectivity index (χ1) is 16.2. The predicted octanol–water partition coefficient (Wildman–Crippen LogP) is 5.17. The summed E-state index contributed by atoms with van der Waals surface area (Å²) in [5.41, 5.74) is 3.08. The Labute approximate surface area is 210 Å². The van der Waals surface area contributed by atoms with Crippen LogP contribution < -0.4 is 14.2 Å². The molecule has 8 nitrogen and oxygen atoms in total. The van der Waals surface area contributed by atoms with Crippen molar-refractivity contribution < 1.29 is 19.0 Å². The summed E-state index contributed by atoms with van der Waals surface area (Å²) in [6.07, 6.45) is 1.60. The molecule has 0 saturated carbocycles. The number of fused-ring (bicyclic) bond motifs is 1. The number of rotatable bonds is 7. The van der Waals surface area contributed by atoms with Gasteiger partial charge in [0.05, 0.1) is 22.2 Å². The maximum atomic E-state index is 12.5. The Morgan fingerprint density at radius 3 is 2.50 bits per heavy atom. The number of ether oxygens (including phenoxy) is 3. The highest BCUT2D eigenvalue weighted by Gasteiger charge is 2.34. The van der Waals surface area contributed by atoms with Gasteiger partial charge in [0.1, 0.15) is 19.0 Å². The Morgan fingerprint density at radius 1 is 1.09 bits per heavy atom. The molecule has 0 radical (unpaired) electrons. The number of aliphatic imine (C=N–C) groups is 1. The molecule has 0 aliphatic carbocycles. The quantitative estimate of drug-likeness (QED) is 0.382. The first kappa shape index (κ1) is 24.0. The summed E-state index contributed by atoms with van der Waals surface area (Å²) in [4.78, 5) is 16.6. The minimum absolute atomic E-state index is 0.0155. The predicted molar refractivity (Wildman–Crippen MR) is 138 cm³/mol. The number of aryl methyl sites for hydroxylation is 2. The van der Waals surface area contributed by atoms with Crippen molar-refractivity contribution in [2.45, 2.75) is 20.8 Å². The van der Waals surface area contributed by atoms with Gasteiger partial charge in [-0.15, -0.1) is 0 Å². The molecule has 0 atom stereocenters. The second kappa shape index (κ2) is 10.0. The van der Waals surface area contributed by atoms with Crippen LogP contribution in [0.4, 0.5) is 0 Å². The maximum absolute atomic E-state index is 12.5. The van der Waals surface area contributed by atoms with Crippen LogP contribution in [0.25, 0.3) is 6.08 Å². The van der Waals surface area contributed by atoms with Crippen LogP contribution in [0, 0.1) is 19.3 Å². The number of carbonyl (C=O) groups is 1. The molecule has 1 amide bonds. The van der Waals surface area contributed by atoms with Gasteiger partial charge in [0, 0.05) is 0 Å². The summed E-state index contributed by atoms with van der Waals surface area (Å²) < 4.78 is 17.9. The number of amides is 1. The second-order valence-electron chi connectivity index (χ2n) is 7.69. The van der Waals surface area contributed by atoms with Crippen LogP contribution in [0.3, 0.4) is 0 Å². The molecule has 2 heterocycles. The molecule has 2 aromatic rings. The number of methoxy groups -OCH3 is 1. The number of halogens is 1. The first-order valence-corrected chi connectivity index (χ1v) is 12.0. The molecule has 4 rings (SSSR count). The minimum Gasteiger partial charge on any atom is -0.493 e. The Morgan fingerprint density at radius 2 is 1.79 bits per heavy atom. The zero-order valence-corrected chi connectivity index (χ0v) is 21.5. The van der Waals surface area contributed by atoms with Crippen molar-refractivity contribution in [3.63, 3.8) is 0 Å². The Kier molecular flexibility index (Phi) is 7.08. The molecule has 2 aromatic carbocycles. The number of hydrogen-bond donors (Lipinski definition) is 1. The van der Waals surface area contributed by atoms with E-state index in [2.05, 4.69) is 32.1 Å². The van der Waals surface area contributed by atoms with Crippen LogP contribution in [-0.4, -0.2) is 47.3 Å². The van der Waals surface area contributed by atoms with Gasteiger partial charge in [-0.1, -0.05) is 6.07 Å². The van der Waals surface area contributed by atoms with Crippen LogP contribution in [0.2, 0.25) is 0 Å². The summed E-state index contributed by atoms with van der Waals surface area (Å²) in [5.74, 6) is 1.31. The topological polar surface area (TPSA) is 96.6 Å². The fourth-order valence-electron chi connectivity index (χ4n) is 3.54. The lowest BCUT2D eigenvalue weighted by atomic mass is 10.1. The minimum atomic E-state index is -0.479. The lowest BCUT2D eigenvalue weighted by Gasteiger charge is -2.20. The molecule has 0 aromatic heterocycles. The molecule has 1 N–H and O–H groups in total. The number of hydrazone groups is 1. The summed E-state index contributed by atoms with van der Waals surface area (Å²) in [6.45, 7) is 6.54. The monoisotopic (exact) mass is 542 g/mol. The number of carbonyl (C=O) groups excluding carboxylic acids is 1. The molecule has 0 saturated heterocycles. The van der Waals surface area contributed by atoms with Crippen LogP contribution in [0.5, 0.6) is 17.2 Å². The molecular formula is C24H23BrN4O4S. The maximum Gasteiger partial charge on any atom is 0.283 e. The van der Waals surface area contributed by atoms with E-state index in [1.807, 2.05) is 26.0 Å². The van der Waals surface area contributed by atoms with Gasteiger partial charge in [-0.25, -0.2) is 0 Å². The molecule has 0 fully saturated rings. The molecule has 0 spiro atoms. The van der Waals surface area contributed by atoms with E-state index in [1.165, 1.54) is 16.8 Å². The van der Waals surface area contributed by atoms with E-state index in [1.54, 1.807) is 32.2 Å². The van der Waals surface area contributed by atoms with E-state index in [0.29, 0.717) is 39.9 Å². The third-order valence-electron chi connectivity index (χ3n) is 4.91. The summed E-state index contributed by atoms with van der Waals surface area (Å²) in [6, 6.07) is 9.59. The number of nitrogens with zero attached hydrogens (tertiary/aromatic N) is 3. The first-order valence-electron chi connectivity index (χ1n) is 10.4. The lowest BCUT2D eigenvalue weighted by Crippen LogP contribution is -2.35. The molecule has 2 aliphatic heterocycles. The Hall–Kier alpha value is -3.11. The number of amidine groups is 2. The Balaban J connectivity index is 1.48. The van der Waals surface area contributed by atoms with Crippen molar-refractivity contribution >= 4 is 55.7 Å². The third kappa shape index (κ3) is 5.18. The average Bonchev–Trinajstić information content (AvgIpc) is 3.14. The van der Waals surface area contributed by atoms with E-state index >= 15 is 0 Å². The zero-order valence-electron chi connectivity index (χ0n) is 19.1. The molecule has 34 heavy (non-hydrogen) atoms. The Bertz CT molecular complexity index is 1250. The van der Waals surface area contributed by atoms with Crippen LogP contribution in [0.15, 0.2) is 50.5 Å². The molecule has 10 heteroatoms. The van der Waals surface area contributed by atoms with Crippen molar-refractivity contribution in [2.75, 3.05) is 20.3 Å². The summed E-state index contributed by atoms with van der Waals surface area (Å²) in [7, 11) is 1.54. The molecule has 0 unspecified atom stereocenters. The van der Waals surface area contributed by atoms with Gasteiger partial charge in [-0.05, 0) is 95.5 Å². The van der Waals surface area contributed by atoms with Gasteiger partial charge < -0.3 is 14.2 Å². The normalized spacial score (nSPS) is 16.4. The second-order valence-corrected chi connectivity index (χ2v) is 9.71. The van der Waals surface area contributed by atoms with E-state index in [-0.39, 0.29) is 11.4 Å². The zero-order chi connectivity index (χ0) is 24.4. The van der Waals surface area contributed by atoms with Gasteiger partial charge in [-0.2, -0.15) is 15.1 Å². The van der Waals surface area contributed by atoms with Crippen LogP contribution in [0.1, 0.15) is 23.6 Å². The van der Waals surface area contributed by atoms with E-state index in [4.69, 9.17) is 19.6 Å². The van der Waals surface area contributed by atoms with Gasteiger partial charge >= 0.3 is 0 Å². The highest BCUT2D eigenvalue weighted by molar-refractivity contribution is 9.10. The number of hydrogen-bond acceptors (Lipinski definition) is 7. The fraction of sp³-hybridized carbons (Fsp3) is 0.250. The fourth-order valence-corrected chi connectivity index (χ4v) is 4.85. The summed E-state index contributed by atoms with van der Waals surface area (Å²) in [5, 5.41) is 15.1. The van der Waals surface area contributed by atoms with Gasteiger partial charge in [0.15, 0.2) is 17.3 Å². The molecule has 2 aliphatic rings. The van der Waals surface area contributed by atoms with E-state index < -0.39 is 5.91 Å². The standard InChI is InChI=1S/C24H23BrN4O4S/c1-13-7-14(2)9-17(8-13)32-5-6-33-21-19(25)11-16(12-20(21)31-4)10-18-22(26)29-24(27-23(18)30)34-15(3)28-29/h7-12,26H,5-6H2,1-4H3/b18-10-,26-22?. The van der Waals surface area contributed by atoms with Gasteiger partial charge in [0.25, 0.3) is 5.91 Å². The van der Waals surface area contributed by atoms with Crippen molar-refractivity contribution in [3.8, 4) is 17.2 Å². The van der Waals surface area contributed by atoms with Crippen molar-refractivity contribution in [1.29, 1.82) is 5.41 Å². The van der Waals surface area contributed by atoms with E-state index in [9.17, 15) is 4.79 Å². The molecular weight excluding hydrogens is 520 g/mol. The largest absolute Gasteiger partial charge is 0.493 e. The summed E-state index contributed by atoms with van der Waals surface area (Å²) >= 11 is 4.79. The van der Waals surface area contributed by atoms with Crippen LogP contribution in [-0.2, 0) is 4.79 Å². The lowest BCUT2D eigenvalue weighted by molar-refractivity contribution is -0.114. The smallest absolute Gasteiger partial charge is 0.283 e.